The molecule has 0 fully saturated rings. The first-order chi connectivity index (χ1) is 8.16. The van der Waals surface area contributed by atoms with Gasteiger partial charge < -0.3 is 0 Å². The van der Waals surface area contributed by atoms with Gasteiger partial charge in [-0.25, -0.2) is 0 Å². The van der Waals surface area contributed by atoms with Crippen molar-refractivity contribution >= 4 is 0 Å². The van der Waals surface area contributed by atoms with E-state index in [0.717, 1.165) is 0 Å². The van der Waals surface area contributed by atoms with Gasteiger partial charge in [-0.15, -0.1) is 0 Å². The lowest BCUT2D eigenvalue weighted by atomic mass is 9.63. The third-order valence-corrected chi connectivity index (χ3v) is 5.48. The summed E-state index contributed by atoms with van der Waals surface area (Å²) >= 11 is 0. The summed E-state index contributed by atoms with van der Waals surface area (Å²) in [5, 5.41) is 0. The Labute approximate surface area is 112 Å². The standard InChI is InChI=1S/C18H26/c1-12-9-13-15-14(10-12)17(4,5)11-18(15,6)8-7-16(13,2)3/h9-10H,7-8,11H2,1-6H3. The summed E-state index contributed by atoms with van der Waals surface area (Å²) in [6, 6.07) is 4.91. The molecule has 1 aromatic carbocycles. The first kappa shape index (κ1) is 12.3. The Balaban J connectivity index is 2.37. The van der Waals surface area contributed by atoms with E-state index in [4.69, 9.17) is 0 Å². The number of benzene rings is 1. The van der Waals surface area contributed by atoms with Crippen molar-refractivity contribution in [2.24, 2.45) is 0 Å². The molecule has 3 rings (SSSR count). The van der Waals surface area contributed by atoms with Crippen molar-refractivity contribution in [2.75, 3.05) is 0 Å². The van der Waals surface area contributed by atoms with E-state index in [-0.39, 0.29) is 0 Å². The molecular weight excluding hydrogens is 216 g/mol. The summed E-state index contributed by atoms with van der Waals surface area (Å²) in [6.07, 6.45) is 4.00. The monoisotopic (exact) mass is 242 g/mol. The fourth-order valence-electron chi connectivity index (χ4n) is 4.60. The first-order valence-corrected chi connectivity index (χ1v) is 7.32. The summed E-state index contributed by atoms with van der Waals surface area (Å²) in [7, 11) is 0. The van der Waals surface area contributed by atoms with Crippen molar-refractivity contribution in [1.29, 1.82) is 0 Å². The Bertz CT molecular complexity index is 519. The van der Waals surface area contributed by atoms with Gasteiger partial charge in [0.25, 0.3) is 0 Å². The van der Waals surface area contributed by atoms with Crippen LogP contribution in [0.2, 0.25) is 0 Å². The third-order valence-electron chi connectivity index (χ3n) is 5.48. The molecule has 98 valence electrons. The van der Waals surface area contributed by atoms with Crippen LogP contribution in [0.4, 0.5) is 0 Å². The second-order valence-electron chi connectivity index (χ2n) is 8.24. The van der Waals surface area contributed by atoms with E-state index in [2.05, 4.69) is 53.7 Å². The molecule has 0 nitrogen and oxygen atoms in total. The van der Waals surface area contributed by atoms with Crippen LogP contribution in [0.3, 0.4) is 0 Å². The number of hydrogen-bond acceptors (Lipinski definition) is 0. The highest BCUT2D eigenvalue weighted by molar-refractivity contribution is 5.55. The minimum absolute atomic E-state index is 0.352. The average molecular weight is 242 g/mol. The maximum absolute atomic E-state index is 2.49. The van der Waals surface area contributed by atoms with Gasteiger partial charge in [0.2, 0.25) is 0 Å². The van der Waals surface area contributed by atoms with Gasteiger partial charge in [-0.3, -0.25) is 0 Å². The van der Waals surface area contributed by atoms with Crippen LogP contribution in [0.1, 0.15) is 76.1 Å². The fourth-order valence-corrected chi connectivity index (χ4v) is 4.60. The summed E-state index contributed by atoms with van der Waals surface area (Å²) in [5.74, 6) is 0. The smallest absolute Gasteiger partial charge is 0.00608 e. The predicted molar refractivity (Wildman–Crippen MR) is 78.4 cm³/mol. The summed E-state index contributed by atoms with van der Waals surface area (Å²) in [6.45, 7) is 14.5. The van der Waals surface area contributed by atoms with Gasteiger partial charge in [0.05, 0.1) is 0 Å². The molecule has 0 saturated heterocycles. The van der Waals surface area contributed by atoms with Crippen LogP contribution < -0.4 is 0 Å². The number of hydrogen-bond donors (Lipinski definition) is 0. The Kier molecular flexibility index (Phi) is 2.19. The third kappa shape index (κ3) is 1.44. The van der Waals surface area contributed by atoms with Crippen LogP contribution in [0.5, 0.6) is 0 Å². The topological polar surface area (TPSA) is 0 Å². The van der Waals surface area contributed by atoms with Crippen molar-refractivity contribution in [1.82, 2.24) is 0 Å². The van der Waals surface area contributed by atoms with E-state index in [9.17, 15) is 0 Å². The SMILES string of the molecule is Cc1cc2c3c(c1)C(C)(C)CC3(C)CCC2(C)C. The Morgan fingerprint density at radius 3 is 2.00 bits per heavy atom. The fraction of sp³-hybridized carbons (Fsp3) is 0.667. The molecule has 0 aromatic heterocycles. The van der Waals surface area contributed by atoms with Crippen LogP contribution in [0.25, 0.3) is 0 Å². The average Bonchev–Trinajstić information content (AvgIpc) is 2.43. The van der Waals surface area contributed by atoms with Crippen LogP contribution in [0.15, 0.2) is 12.1 Å². The van der Waals surface area contributed by atoms with E-state index >= 15 is 0 Å². The van der Waals surface area contributed by atoms with Gasteiger partial charge in [0, 0.05) is 0 Å². The molecule has 0 heteroatoms. The molecule has 1 aromatic rings. The van der Waals surface area contributed by atoms with Crippen molar-refractivity contribution < 1.29 is 0 Å². The highest BCUT2D eigenvalue weighted by Crippen LogP contribution is 2.58. The molecule has 0 bridgehead atoms. The Morgan fingerprint density at radius 1 is 0.833 bits per heavy atom. The van der Waals surface area contributed by atoms with Gasteiger partial charge >= 0.3 is 0 Å². The highest BCUT2D eigenvalue weighted by atomic mass is 14.5. The van der Waals surface area contributed by atoms with E-state index in [1.165, 1.54) is 24.8 Å². The minimum Gasteiger partial charge on any atom is -0.0558 e. The van der Waals surface area contributed by atoms with Gasteiger partial charge in [0.15, 0.2) is 0 Å². The molecule has 2 aliphatic carbocycles. The zero-order valence-electron chi connectivity index (χ0n) is 12.8. The highest BCUT2D eigenvalue weighted by Gasteiger charge is 2.50. The van der Waals surface area contributed by atoms with Gasteiger partial charge in [-0.2, -0.15) is 0 Å². The lowest BCUT2D eigenvalue weighted by Crippen LogP contribution is -2.34. The Morgan fingerprint density at radius 2 is 1.39 bits per heavy atom. The molecule has 0 radical (unpaired) electrons. The second kappa shape index (κ2) is 3.21. The van der Waals surface area contributed by atoms with E-state index in [1.54, 1.807) is 16.7 Å². The molecule has 0 aliphatic heterocycles. The molecule has 0 N–H and O–H groups in total. The van der Waals surface area contributed by atoms with E-state index < -0.39 is 0 Å². The van der Waals surface area contributed by atoms with Crippen molar-refractivity contribution in [3.63, 3.8) is 0 Å². The van der Waals surface area contributed by atoms with Crippen molar-refractivity contribution in [3.8, 4) is 0 Å². The summed E-state index contributed by atoms with van der Waals surface area (Å²) in [5.41, 5.74) is 7.55. The van der Waals surface area contributed by atoms with Crippen LogP contribution in [-0.4, -0.2) is 0 Å². The molecular formula is C18H26. The molecule has 1 unspecified atom stereocenters. The minimum atomic E-state index is 0.352. The molecule has 0 saturated carbocycles. The number of aryl methyl sites for hydroxylation is 1. The molecule has 0 heterocycles. The molecule has 1 atom stereocenters. The van der Waals surface area contributed by atoms with Crippen molar-refractivity contribution in [2.45, 2.75) is 77.0 Å². The lowest BCUT2D eigenvalue weighted by molar-refractivity contribution is 0.287. The zero-order chi connectivity index (χ0) is 13.3. The summed E-state index contributed by atoms with van der Waals surface area (Å²) in [4.78, 5) is 0. The van der Waals surface area contributed by atoms with E-state index in [0.29, 0.717) is 16.2 Å². The number of rotatable bonds is 0. The summed E-state index contributed by atoms with van der Waals surface area (Å²) < 4.78 is 0. The maximum Gasteiger partial charge on any atom is -0.00608 e. The van der Waals surface area contributed by atoms with E-state index in [1.807, 2.05) is 0 Å². The molecule has 18 heavy (non-hydrogen) atoms. The van der Waals surface area contributed by atoms with Crippen molar-refractivity contribution in [3.05, 3.63) is 34.4 Å². The first-order valence-electron chi connectivity index (χ1n) is 7.32. The maximum atomic E-state index is 2.49. The Hall–Kier alpha value is -0.780. The molecule has 0 spiro atoms. The van der Waals surface area contributed by atoms with Crippen LogP contribution in [0, 0.1) is 6.92 Å². The van der Waals surface area contributed by atoms with Crippen LogP contribution >= 0.6 is 0 Å². The quantitative estimate of drug-likeness (QED) is 0.600. The van der Waals surface area contributed by atoms with Gasteiger partial charge in [-0.1, -0.05) is 52.3 Å². The lowest BCUT2D eigenvalue weighted by Gasteiger charge is -2.41. The van der Waals surface area contributed by atoms with Gasteiger partial charge in [-0.05, 0) is 59.1 Å². The van der Waals surface area contributed by atoms with Crippen LogP contribution in [-0.2, 0) is 16.2 Å². The predicted octanol–water partition coefficient (Wildman–Crippen LogP) is 5.01. The zero-order valence-corrected chi connectivity index (χ0v) is 12.8. The normalized spacial score (nSPS) is 31.2. The molecule has 2 aliphatic rings. The van der Waals surface area contributed by atoms with Gasteiger partial charge in [0.1, 0.15) is 0 Å². The molecule has 0 amide bonds. The second-order valence-corrected chi connectivity index (χ2v) is 8.24. The largest absolute Gasteiger partial charge is 0.0558 e.